The molecule has 4 nitrogen and oxygen atoms in total. The molecule has 0 spiro atoms. The molecule has 1 aromatic heterocycles. The van der Waals surface area contributed by atoms with Gasteiger partial charge in [-0.05, 0) is 46.2 Å². The summed E-state index contributed by atoms with van der Waals surface area (Å²) in [7, 11) is 1.80. The van der Waals surface area contributed by atoms with E-state index in [9.17, 15) is 0 Å². The van der Waals surface area contributed by atoms with Crippen LogP contribution in [0, 0.1) is 0 Å². The van der Waals surface area contributed by atoms with Gasteiger partial charge in [-0.25, -0.2) is 0 Å². The first kappa shape index (κ1) is 15.5. The van der Waals surface area contributed by atoms with E-state index in [0.717, 1.165) is 31.9 Å². The number of nitrogens with one attached hydrogen (secondary N) is 1. The second-order valence-corrected chi connectivity index (χ2v) is 6.76. The zero-order valence-corrected chi connectivity index (χ0v) is 13.2. The standard InChI is InChI=1S/C16H28N2O2/c1-16(2,3)17-9-13-8-15(20-12-13)11-18-7-5-6-14(10-18)19-4/h8,12,14,17H,5-7,9-11H2,1-4H3. The summed E-state index contributed by atoms with van der Waals surface area (Å²) in [6.45, 7) is 10.4. The summed E-state index contributed by atoms with van der Waals surface area (Å²) >= 11 is 0. The highest BCUT2D eigenvalue weighted by molar-refractivity contribution is 5.13. The first-order chi connectivity index (χ1) is 9.46. The summed E-state index contributed by atoms with van der Waals surface area (Å²) in [5, 5.41) is 3.48. The second kappa shape index (κ2) is 6.74. The molecule has 2 rings (SSSR count). The Kier molecular flexibility index (Phi) is 5.24. The van der Waals surface area contributed by atoms with Crippen molar-refractivity contribution in [2.75, 3.05) is 20.2 Å². The Morgan fingerprint density at radius 3 is 2.95 bits per heavy atom. The van der Waals surface area contributed by atoms with Crippen LogP contribution in [-0.4, -0.2) is 36.7 Å². The molecule has 0 saturated carbocycles. The first-order valence-corrected chi connectivity index (χ1v) is 7.53. The lowest BCUT2D eigenvalue weighted by atomic mass is 10.1. The van der Waals surface area contributed by atoms with Crippen molar-refractivity contribution in [2.45, 2.75) is 58.3 Å². The fourth-order valence-electron chi connectivity index (χ4n) is 2.54. The minimum absolute atomic E-state index is 0.135. The molecule has 1 atom stereocenters. The summed E-state index contributed by atoms with van der Waals surface area (Å²) in [5.41, 5.74) is 1.35. The fraction of sp³-hybridized carbons (Fsp3) is 0.750. The normalized spacial score (nSPS) is 21.3. The maximum Gasteiger partial charge on any atom is 0.118 e. The number of furan rings is 1. The smallest absolute Gasteiger partial charge is 0.118 e. The SMILES string of the molecule is COC1CCCN(Cc2cc(CNC(C)(C)C)co2)C1. The Bertz CT molecular complexity index is 409. The van der Waals surface area contributed by atoms with Gasteiger partial charge in [0.2, 0.25) is 0 Å². The summed E-state index contributed by atoms with van der Waals surface area (Å²) in [5.74, 6) is 1.05. The van der Waals surface area contributed by atoms with Crippen LogP contribution >= 0.6 is 0 Å². The number of hydrogen-bond donors (Lipinski definition) is 1. The minimum Gasteiger partial charge on any atom is -0.468 e. The number of hydrogen-bond acceptors (Lipinski definition) is 4. The largest absolute Gasteiger partial charge is 0.468 e. The molecule has 0 aromatic carbocycles. The molecule has 0 amide bonds. The molecule has 0 aliphatic carbocycles. The van der Waals surface area contributed by atoms with Crippen molar-refractivity contribution in [2.24, 2.45) is 0 Å². The van der Waals surface area contributed by atoms with Crippen molar-refractivity contribution >= 4 is 0 Å². The van der Waals surface area contributed by atoms with Gasteiger partial charge in [-0.1, -0.05) is 0 Å². The van der Waals surface area contributed by atoms with Gasteiger partial charge in [-0.15, -0.1) is 0 Å². The number of rotatable bonds is 5. The van der Waals surface area contributed by atoms with Crippen LogP contribution in [-0.2, 0) is 17.8 Å². The van der Waals surface area contributed by atoms with Gasteiger partial charge in [0.15, 0.2) is 0 Å². The van der Waals surface area contributed by atoms with Crippen LogP contribution in [0.25, 0.3) is 0 Å². The highest BCUT2D eigenvalue weighted by Crippen LogP contribution is 2.17. The third kappa shape index (κ3) is 4.93. The minimum atomic E-state index is 0.135. The third-order valence-electron chi connectivity index (χ3n) is 3.71. The molecule has 1 unspecified atom stereocenters. The summed E-state index contributed by atoms with van der Waals surface area (Å²) < 4.78 is 11.1. The van der Waals surface area contributed by atoms with Crippen LogP contribution in [0.4, 0.5) is 0 Å². The van der Waals surface area contributed by atoms with E-state index in [1.807, 2.05) is 6.26 Å². The van der Waals surface area contributed by atoms with E-state index in [0.29, 0.717) is 6.10 Å². The van der Waals surface area contributed by atoms with Gasteiger partial charge in [-0.2, -0.15) is 0 Å². The van der Waals surface area contributed by atoms with E-state index in [2.05, 4.69) is 37.1 Å². The van der Waals surface area contributed by atoms with Crippen LogP contribution in [0.2, 0.25) is 0 Å². The molecule has 4 heteroatoms. The zero-order valence-electron chi connectivity index (χ0n) is 13.2. The predicted molar refractivity (Wildman–Crippen MR) is 80.6 cm³/mol. The highest BCUT2D eigenvalue weighted by Gasteiger charge is 2.20. The summed E-state index contributed by atoms with van der Waals surface area (Å²) in [6, 6.07) is 2.16. The Balaban J connectivity index is 1.83. The predicted octanol–water partition coefficient (Wildman–Crippen LogP) is 2.78. The Labute approximate surface area is 122 Å². The van der Waals surface area contributed by atoms with Crippen LogP contribution in [0.1, 0.15) is 44.9 Å². The monoisotopic (exact) mass is 280 g/mol. The van der Waals surface area contributed by atoms with Gasteiger partial charge >= 0.3 is 0 Å². The number of methoxy groups -OCH3 is 1. The van der Waals surface area contributed by atoms with E-state index in [4.69, 9.17) is 9.15 Å². The lowest BCUT2D eigenvalue weighted by Crippen LogP contribution is -2.38. The Hall–Kier alpha value is -0.840. The molecule has 1 N–H and O–H groups in total. The van der Waals surface area contributed by atoms with Gasteiger partial charge in [0.05, 0.1) is 18.9 Å². The maximum absolute atomic E-state index is 5.68. The lowest BCUT2D eigenvalue weighted by molar-refractivity contribution is 0.0263. The lowest BCUT2D eigenvalue weighted by Gasteiger charge is -2.31. The molecule has 20 heavy (non-hydrogen) atoms. The van der Waals surface area contributed by atoms with Crippen LogP contribution in [0.15, 0.2) is 16.7 Å². The van der Waals surface area contributed by atoms with E-state index in [1.54, 1.807) is 7.11 Å². The van der Waals surface area contributed by atoms with Crippen molar-refractivity contribution in [1.82, 2.24) is 10.2 Å². The molecule has 2 heterocycles. The van der Waals surface area contributed by atoms with Gasteiger partial charge in [0.25, 0.3) is 0 Å². The maximum atomic E-state index is 5.68. The number of likely N-dealkylation sites (tertiary alicyclic amines) is 1. The van der Waals surface area contributed by atoms with Gasteiger partial charge in [-0.3, -0.25) is 4.90 Å². The average Bonchev–Trinajstić information content (AvgIpc) is 2.83. The fourth-order valence-corrected chi connectivity index (χ4v) is 2.54. The highest BCUT2D eigenvalue weighted by atomic mass is 16.5. The zero-order chi connectivity index (χ0) is 14.6. The molecule has 1 fully saturated rings. The van der Waals surface area contributed by atoms with Crippen molar-refractivity contribution in [3.63, 3.8) is 0 Å². The molecule has 1 saturated heterocycles. The van der Waals surface area contributed by atoms with Crippen LogP contribution < -0.4 is 5.32 Å². The Morgan fingerprint density at radius 1 is 1.45 bits per heavy atom. The quantitative estimate of drug-likeness (QED) is 0.900. The molecule has 1 aliphatic rings. The van der Waals surface area contributed by atoms with Gasteiger partial charge in [0, 0.05) is 31.3 Å². The molecular formula is C16H28N2O2. The van der Waals surface area contributed by atoms with Crippen molar-refractivity contribution in [1.29, 1.82) is 0 Å². The van der Waals surface area contributed by atoms with Crippen LogP contribution in [0.5, 0.6) is 0 Å². The van der Waals surface area contributed by atoms with E-state index in [-0.39, 0.29) is 5.54 Å². The molecule has 1 aromatic rings. The van der Waals surface area contributed by atoms with Gasteiger partial charge < -0.3 is 14.5 Å². The molecule has 0 bridgehead atoms. The van der Waals surface area contributed by atoms with E-state index < -0.39 is 0 Å². The van der Waals surface area contributed by atoms with E-state index >= 15 is 0 Å². The van der Waals surface area contributed by atoms with Crippen molar-refractivity contribution in [3.05, 3.63) is 23.7 Å². The van der Waals surface area contributed by atoms with Gasteiger partial charge in [0.1, 0.15) is 5.76 Å². The first-order valence-electron chi connectivity index (χ1n) is 7.53. The molecule has 1 aliphatic heterocycles. The van der Waals surface area contributed by atoms with Crippen molar-refractivity contribution < 1.29 is 9.15 Å². The third-order valence-corrected chi connectivity index (χ3v) is 3.71. The summed E-state index contributed by atoms with van der Waals surface area (Å²) in [4.78, 5) is 2.41. The molecule has 114 valence electrons. The number of piperidine rings is 1. The second-order valence-electron chi connectivity index (χ2n) is 6.76. The van der Waals surface area contributed by atoms with Crippen molar-refractivity contribution in [3.8, 4) is 0 Å². The number of ether oxygens (including phenoxy) is 1. The number of nitrogens with zero attached hydrogens (tertiary/aromatic N) is 1. The average molecular weight is 280 g/mol. The Morgan fingerprint density at radius 2 is 2.25 bits per heavy atom. The topological polar surface area (TPSA) is 37.6 Å². The molecule has 0 radical (unpaired) electrons. The molecular weight excluding hydrogens is 252 g/mol. The van der Waals surface area contributed by atoms with Crippen LogP contribution in [0.3, 0.4) is 0 Å². The van der Waals surface area contributed by atoms with E-state index in [1.165, 1.54) is 18.4 Å². The summed E-state index contributed by atoms with van der Waals surface area (Å²) in [6.07, 6.45) is 4.62.